The Bertz CT molecular complexity index is 587. The van der Waals surface area contributed by atoms with E-state index in [0.29, 0.717) is 17.2 Å². The molecule has 0 atom stereocenters. The number of aromatic nitrogens is 2. The second-order valence-corrected chi connectivity index (χ2v) is 3.79. The fraction of sp³-hybridized carbons (Fsp3) is 0.167. The van der Waals surface area contributed by atoms with E-state index in [1.54, 1.807) is 6.92 Å². The molecule has 1 aromatic heterocycles. The summed E-state index contributed by atoms with van der Waals surface area (Å²) in [7, 11) is 0. The van der Waals surface area contributed by atoms with Gasteiger partial charge in [-0.1, -0.05) is 12.1 Å². The van der Waals surface area contributed by atoms with E-state index < -0.39 is 0 Å². The number of anilines is 1. The first-order chi connectivity index (χ1) is 7.56. The first kappa shape index (κ1) is 10.4. The molecule has 0 saturated heterocycles. The molecular weight excluding hydrogens is 202 g/mol. The van der Waals surface area contributed by atoms with Gasteiger partial charge in [0.05, 0.1) is 5.69 Å². The number of hydrogen-bond acceptors (Lipinski definition) is 3. The highest BCUT2D eigenvalue weighted by Gasteiger charge is 2.03. The van der Waals surface area contributed by atoms with Gasteiger partial charge in [0.2, 0.25) is 0 Å². The third kappa shape index (κ3) is 1.95. The number of nitrogens with two attached hydrogens (primary N) is 1. The number of rotatable bonds is 1. The lowest BCUT2D eigenvalue weighted by atomic mass is 10.1. The number of benzene rings is 1. The van der Waals surface area contributed by atoms with Gasteiger partial charge in [0.15, 0.2) is 0 Å². The van der Waals surface area contributed by atoms with Crippen LogP contribution in [0, 0.1) is 13.8 Å². The quantitative estimate of drug-likeness (QED) is 0.710. The monoisotopic (exact) mass is 215 g/mol. The van der Waals surface area contributed by atoms with Crippen molar-refractivity contribution in [3.63, 3.8) is 0 Å². The fourth-order valence-electron chi connectivity index (χ4n) is 1.53. The summed E-state index contributed by atoms with van der Waals surface area (Å²) < 4.78 is 0. The highest BCUT2D eigenvalue weighted by Crippen LogP contribution is 2.20. The maximum absolute atomic E-state index is 11.3. The Morgan fingerprint density at radius 3 is 2.62 bits per heavy atom. The largest absolute Gasteiger partial charge is 0.398 e. The molecule has 0 bridgehead atoms. The van der Waals surface area contributed by atoms with E-state index in [-0.39, 0.29) is 5.56 Å². The van der Waals surface area contributed by atoms with E-state index in [9.17, 15) is 4.79 Å². The van der Waals surface area contributed by atoms with Crippen molar-refractivity contribution in [3.8, 4) is 11.3 Å². The van der Waals surface area contributed by atoms with Gasteiger partial charge in [-0.25, -0.2) is 4.98 Å². The molecule has 2 rings (SSSR count). The summed E-state index contributed by atoms with van der Waals surface area (Å²) in [5, 5.41) is 0. The number of hydrogen-bond donors (Lipinski definition) is 2. The van der Waals surface area contributed by atoms with E-state index in [1.165, 1.54) is 6.07 Å². The normalized spacial score (nSPS) is 10.4. The lowest BCUT2D eigenvalue weighted by Gasteiger charge is -2.04. The first-order valence-corrected chi connectivity index (χ1v) is 5.01. The van der Waals surface area contributed by atoms with Crippen LogP contribution in [0.2, 0.25) is 0 Å². The number of H-pyrrole nitrogens is 1. The highest BCUT2D eigenvalue weighted by molar-refractivity contribution is 5.65. The summed E-state index contributed by atoms with van der Waals surface area (Å²) in [6, 6.07) is 7.13. The summed E-state index contributed by atoms with van der Waals surface area (Å²) in [6.07, 6.45) is 0. The molecule has 0 aliphatic rings. The molecule has 0 unspecified atom stereocenters. The van der Waals surface area contributed by atoms with E-state index in [4.69, 9.17) is 5.73 Å². The summed E-state index contributed by atoms with van der Waals surface area (Å²) in [6.45, 7) is 3.69. The van der Waals surface area contributed by atoms with Crippen LogP contribution in [-0.2, 0) is 0 Å². The van der Waals surface area contributed by atoms with Gasteiger partial charge < -0.3 is 10.7 Å². The minimum absolute atomic E-state index is 0.151. The minimum atomic E-state index is -0.151. The molecule has 2 aromatic rings. The molecule has 4 nitrogen and oxygen atoms in total. The van der Waals surface area contributed by atoms with Crippen LogP contribution in [0.1, 0.15) is 11.4 Å². The Balaban J connectivity index is 2.58. The smallest absolute Gasteiger partial charge is 0.251 e. The second kappa shape index (κ2) is 3.81. The molecular formula is C12H13N3O. The minimum Gasteiger partial charge on any atom is -0.398 e. The summed E-state index contributed by atoms with van der Waals surface area (Å²) in [5.41, 5.74) is 8.90. The number of aryl methyl sites for hydroxylation is 2. The van der Waals surface area contributed by atoms with E-state index in [2.05, 4.69) is 9.97 Å². The van der Waals surface area contributed by atoms with Crippen molar-refractivity contribution >= 4 is 5.69 Å². The molecule has 0 aliphatic heterocycles. The Morgan fingerprint density at radius 2 is 2.00 bits per heavy atom. The Morgan fingerprint density at radius 1 is 1.25 bits per heavy atom. The maximum atomic E-state index is 11.3. The van der Waals surface area contributed by atoms with Gasteiger partial charge in [-0.15, -0.1) is 0 Å². The SMILES string of the molecule is Cc1nc(-c2ccc(C)c(N)c2)cc(=O)[nH]1. The van der Waals surface area contributed by atoms with Crippen molar-refractivity contribution < 1.29 is 0 Å². The molecule has 0 aliphatic carbocycles. The van der Waals surface area contributed by atoms with E-state index >= 15 is 0 Å². The van der Waals surface area contributed by atoms with Crippen molar-refractivity contribution in [2.45, 2.75) is 13.8 Å². The molecule has 0 saturated carbocycles. The number of nitrogens with one attached hydrogen (secondary N) is 1. The van der Waals surface area contributed by atoms with Crippen LogP contribution >= 0.6 is 0 Å². The predicted octanol–water partition coefficient (Wildman–Crippen LogP) is 1.64. The van der Waals surface area contributed by atoms with Gasteiger partial charge in [0.25, 0.3) is 5.56 Å². The molecule has 3 N–H and O–H groups in total. The van der Waals surface area contributed by atoms with Gasteiger partial charge in [-0.2, -0.15) is 0 Å². The third-order valence-corrected chi connectivity index (χ3v) is 2.44. The Labute approximate surface area is 93.2 Å². The van der Waals surface area contributed by atoms with Crippen molar-refractivity contribution in [2.75, 3.05) is 5.73 Å². The molecule has 1 aromatic carbocycles. The molecule has 0 fully saturated rings. The third-order valence-electron chi connectivity index (χ3n) is 2.44. The van der Waals surface area contributed by atoms with Crippen molar-refractivity contribution in [1.82, 2.24) is 9.97 Å². The Kier molecular flexibility index (Phi) is 2.48. The van der Waals surface area contributed by atoms with E-state index in [0.717, 1.165) is 11.1 Å². The number of nitrogen functional groups attached to an aromatic ring is 1. The topological polar surface area (TPSA) is 71.8 Å². The summed E-state index contributed by atoms with van der Waals surface area (Å²) >= 11 is 0. The molecule has 0 amide bonds. The number of nitrogens with zero attached hydrogens (tertiary/aromatic N) is 1. The average Bonchev–Trinajstić information content (AvgIpc) is 2.20. The maximum Gasteiger partial charge on any atom is 0.251 e. The molecule has 0 spiro atoms. The lowest BCUT2D eigenvalue weighted by molar-refractivity contribution is 1.02. The van der Waals surface area contributed by atoms with Gasteiger partial charge in [0.1, 0.15) is 5.82 Å². The zero-order valence-corrected chi connectivity index (χ0v) is 9.24. The van der Waals surface area contributed by atoms with Crippen LogP contribution in [0.4, 0.5) is 5.69 Å². The zero-order chi connectivity index (χ0) is 11.7. The van der Waals surface area contributed by atoms with Crippen LogP contribution < -0.4 is 11.3 Å². The van der Waals surface area contributed by atoms with Crippen molar-refractivity contribution in [2.24, 2.45) is 0 Å². The van der Waals surface area contributed by atoms with Crippen LogP contribution in [-0.4, -0.2) is 9.97 Å². The molecule has 82 valence electrons. The highest BCUT2D eigenvalue weighted by atomic mass is 16.1. The average molecular weight is 215 g/mol. The molecule has 0 radical (unpaired) electrons. The fourth-order valence-corrected chi connectivity index (χ4v) is 1.53. The van der Waals surface area contributed by atoms with Crippen molar-refractivity contribution in [3.05, 3.63) is 46.0 Å². The van der Waals surface area contributed by atoms with Crippen LogP contribution in [0.25, 0.3) is 11.3 Å². The van der Waals surface area contributed by atoms with Gasteiger partial charge in [0, 0.05) is 17.3 Å². The van der Waals surface area contributed by atoms with Crippen LogP contribution in [0.3, 0.4) is 0 Å². The Hall–Kier alpha value is -2.10. The lowest BCUT2D eigenvalue weighted by Crippen LogP contribution is -2.08. The molecule has 1 heterocycles. The van der Waals surface area contributed by atoms with Crippen molar-refractivity contribution in [1.29, 1.82) is 0 Å². The van der Waals surface area contributed by atoms with E-state index in [1.807, 2.05) is 25.1 Å². The molecule has 16 heavy (non-hydrogen) atoms. The second-order valence-electron chi connectivity index (χ2n) is 3.79. The van der Waals surface area contributed by atoms with Gasteiger partial charge >= 0.3 is 0 Å². The van der Waals surface area contributed by atoms with Gasteiger partial charge in [-0.05, 0) is 25.5 Å². The first-order valence-electron chi connectivity index (χ1n) is 5.01. The zero-order valence-electron chi connectivity index (χ0n) is 9.24. The number of aromatic amines is 1. The van der Waals surface area contributed by atoms with Crippen LogP contribution in [0.5, 0.6) is 0 Å². The van der Waals surface area contributed by atoms with Gasteiger partial charge in [-0.3, -0.25) is 4.79 Å². The summed E-state index contributed by atoms with van der Waals surface area (Å²) in [5.74, 6) is 0.599. The summed E-state index contributed by atoms with van der Waals surface area (Å²) in [4.78, 5) is 18.2. The molecule has 4 heteroatoms. The predicted molar refractivity (Wildman–Crippen MR) is 64.2 cm³/mol. The van der Waals surface area contributed by atoms with Crippen LogP contribution in [0.15, 0.2) is 29.1 Å². The standard InChI is InChI=1S/C12H13N3O/c1-7-3-4-9(5-10(7)13)11-6-12(16)15-8(2)14-11/h3-6H,13H2,1-2H3,(H,14,15,16).